The molecule has 2 N–H and O–H groups in total. The number of hydrogen-bond acceptors (Lipinski definition) is 5. The lowest BCUT2D eigenvalue weighted by Gasteiger charge is -2.17. The van der Waals surface area contributed by atoms with E-state index in [1.54, 1.807) is 20.8 Å². The van der Waals surface area contributed by atoms with Crippen LogP contribution in [-0.4, -0.2) is 49.5 Å². The Bertz CT molecular complexity index is 533. The van der Waals surface area contributed by atoms with E-state index in [0.717, 1.165) is 0 Å². The van der Waals surface area contributed by atoms with Crippen molar-refractivity contribution in [3.63, 3.8) is 0 Å². The smallest absolute Gasteiger partial charge is 0.355 e. The monoisotopic (exact) mass is 326 g/mol. The predicted octanol–water partition coefficient (Wildman–Crippen LogP) is 1.94. The second-order valence-electron chi connectivity index (χ2n) is 4.90. The van der Waals surface area contributed by atoms with Crippen molar-refractivity contribution < 1.29 is 23.8 Å². The molecule has 0 atom stereocenters. The van der Waals surface area contributed by atoms with Gasteiger partial charge in [0.15, 0.2) is 6.29 Å². The molecule has 0 bridgehead atoms. The van der Waals surface area contributed by atoms with Crippen LogP contribution in [0.2, 0.25) is 0 Å². The Morgan fingerprint density at radius 2 is 1.70 bits per heavy atom. The van der Waals surface area contributed by atoms with Gasteiger partial charge in [-0.3, -0.25) is 4.79 Å². The number of esters is 1. The first-order valence-electron chi connectivity index (χ1n) is 7.83. The van der Waals surface area contributed by atoms with Crippen LogP contribution in [0.1, 0.15) is 52.9 Å². The lowest BCUT2D eigenvalue weighted by molar-refractivity contribution is -0.131. The van der Waals surface area contributed by atoms with Crippen LogP contribution in [0, 0.1) is 13.8 Å². The van der Waals surface area contributed by atoms with Gasteiger partial charge in [-0.1, -0.05) is 0 Å². The second-order valence-corrected chi connectivity index (χ2v) is 4.90. The molecule has 0 aliphatic carbocycles. The first-order valence-corrected chi connectivity index (χ1v) is 7.83. The molecule has 0 spiro atoms. The summed E-state index contributed by atoms with van der Waals surface area (Å²) in [5.41, 5.74) is 1.94. The maximum Gasteiger partial charge on any atom is 0.355 e. The number of hydrogen-bond donors (Lipinski definition) is 2. The number of ether oxygens (including phenoxy) is 3. The third-order valence-corrected chi connectivity index (χ3v) is 3.28. The van der Waals surface area contributed by atoms with Gasteiger partial charge < -0.3 is 24.5 Å². The third-order valence-electron chi connectivity index (χ3n) is 3.28. The minimum atomic E-state index is -0.488. The van der Waals surface area contributed by atoms with E-state index >= 15 is 0 Å². The van der Waals surface area contributed by atoms with Gasteiger partial charge in [-0.05, 0) is 40.2 Å². The highest BCUT2D eigenvalue weighted by atomic mass is 16.7. The normalized spacial score (nSPS) is 10.9. The van der Waals surface area contributed by atoms with Gasteiger partial charge in [0.05, 0.1) is 18.7 Å². The van der Waals surface area contributed by atoms with E-state index in [2.05, 4.69) is 10.3 Å². The fourth-order valence-electron chi connectivity index (χ4n) is 2.30. The second kappa shape index (κ2) is 9.32. The van der Waals surface area contributed by atoms with Gasteiger partial charge in [-0.2, -0.15) is 0 Å². The number of carbonyl (C=O) groups excluding carboxylic acids is 2. The molecule has 0 aliphatic rings. The topological polar surface area (TPSA) is 89.7 Å². The van der Waals surface area contributed by atoms with Gasteiger partial charge in [-0.15, -0.1) is 0 Å². The highest BCUT2D eigenvalue weighted by molar-refractivity contribution is 6.01. The first-order chi connectivity index (χ1) is 11.0. The van der Waals surface area contributed by atoms with Crippen LogP contribution in [0.15, 0.2) is 0 Å². The summed E-state index contributed by atoms with van der Waals surface area (Å²) < 4.78 is 15.7. The van der Waals surface area contributed by atoms with Crippen molar-refractivity contribution in [1.29, 1.82) is 0 Å². The maximum absolute atomic E-state index is 12.4. The van der Waals surface area contributed by atoms with Crippen LogP contribution in [0.3, 0.4) is 0 Å². The lowest BCUT2D eigenvalue weighted by atomic mass is 10.1. The summed E-state index contributed by atoms with van der Waals surface area (Å²) in [6.07, 6.45) is -0.488. The number of aromatic nitrogens is 1. The summed E-state index contributed by atoms with van der Waals surface area (Å²) in [4.78, 5) is 27.2. The summed E-state index contributed by atoms with van der Waals surface area (Å²) >= 11 is 0. The van der Waals surface area contributed by atoms with E-state index in [9.17, 15) is 9.59 Å². The summed E-state index contributed by atoms with van der Waals surface area (Å²) in [6, 6.07) is 0. The molecule has 0 unspecified atom stereocenters. The lowest BCUT2D eigenvalue weighted by Crippen LogP contribution is -2.35. The van der Waals surface area contributed by atoms with E-state index in [0.29, 0.717) is 35.7 Å². The van der Waals surface area contributed by atoms with Crippen molar-refractivity contribution in [3.8, 4) is 0 Å². The summed E-state index contributed by atoms with van der Waals surface area (Å²) in [5, 5.41) is 2.77. The third kappa shape index (κ3) is 5.07. The van der Waals surface area contributed by atoms with Crippen molar-refractivity contribution >= 4 is 11.9 Å². The molecule has 7 heteroatoms. The van der Waals surface area contributed by atoms with Crippen LogP contribution < -0.4 is 5.32 Å². The molecule has 0 aliphatic heterocycles. The van der Waals surface area contributed by atoms with Crippen LogP contribution in [0.4, 0.5) is 0 Å². The van der Waals surface area contributed by atoms with Crippen molar-refractivity contribution in [2.24, 2.45) is 0 Å². The van der Waals surface area contributed by atoms with Gasteiger partial charge >= 0.3 is 5.97 Å². The number of H-pyrrole nitrogens is 1. The molecule has 7 nitrogen and oxygen atoms in total. The molecule has 0 saturated carbocycles. The van der Waals surface area contributed by atoms with Crippen molar-refractivity contribution in [2.75, 3.05) is 26.4 Å². The Labute approximate surface area is 136 Å². The molecule has 1 heterocycles. The van der Waals surface area contributed by atoms with Crippen molar-refractivity contribution in [3.05, 3.63) is 22.5 Å². The summed E-state index contributed by atoms with van der Waals surface area (Å²) in [5.74, 6) is -0.745. The summed E-state index contributed by atoms with van der Waals surface area (Å²) in [7, 11) is 0. The van der Waals surface area contributed by atoms with Crippen LogP contribution in [0.25, 0.3) is 0 Å². The molecule has 0 fully saturated rings. The largest absolute Gasteiger partial charge is 0.461 e. The molecule has 0 saturated heterocycles. The van der Waals surface area contributed by atoms with Gasteiger partial charge in [0.25, 0.3) is 5.91 Å². The van der Waals surface area contributed by atoms with E-state index in [1.807, 2.05) is 13.8 Å². The standard InChI is InChI=1S/C16H26N2O5/c1-6-21-12(22-7-2)9-17-15(19)13-10(4)14(18-11(13)5)16(20)23-8-3/h12,18H,6-9H2,1-5H3,(H,17,19). The Hall–Kier alpha value is -1.86. The fraction of sp³-hybridized carbons (Fsp3) is 0.625. The molecule has 1 aromatic heterocycles. The average molecular weight is 326 g/mol. The minimum Gasteiger partial charge on any atom is -0.461 e. The molecule has 23 heavy (non-hydrogen) atoms. The Morgan fingerprint density at radius 1 is 1.09 bits per heavy atom. The molecule has 0 radical (unpaired) electrons. The van der Waals surface area contributed by atoms with Crippen LogP contribution >= 0.6 is 0 Å². The molecule has 0 aromatic carbocycles. The number of carbonyl (C=O) groups is 2. The Kier molecular flexibility index (Phi) is 7.77. The van der Waals surface area contributed by atoms with E-state index in [1.165, 1.54) is 0 Å². The zero-order chi connectivity index (χ0) is 17.4. The number of nitrogens with one attached hydrogen (secondary N) is 2. The van der Waals surface area contributed by atoms with Crippen LogP contribution in [0.5, 0.6) is 0 Å². The van der Waals surface area contributed by atoms with E-state index < -0.39 is 12.3 Å². The van der Waals surface area contributed by atoms with Gasteiger partial charge in [0, 0.05) is 18.9 Å². The summed E-state index contributed by atoms with van der Waals surface area (Å²) in [6.45, 7) is 10.4. The zero-order valence-corrected chi connectivity index (χ0v) is 14.4. The fourth-order valence-corrected chi connectivity index (χ4v) is 2.30. The zero-order valence-electron chi connectivity index (χ0n) is 14.4. The highest BCUT2D eigenvalue weighted by Crippen LogP contribution is 2.18. The Morgan fingerprint density at radius 3 is 2.22 bits per heavy atom. The van der Waals surface area contributed by atoms with Gasteiger partial charge in [-0.25, -0.2) is 4.79 Å². The molecule has 1 aromatic rings. The quantitative estimate of drug-likeness (QED) is 0.535. The van der Waals surface area contributed by atoms with E-state index in [-0.39, 0.29) is 19.1 Å². The molecule has 1 rings (SSSR count). The molecule has 1 amide bonds. The number of amides is 1. The molecular weight excluding hydrogens is 300 g/mol. The highest BCUT2D eigenvalue weighted by Gasteiger charge is 2.23. The SMILES string of the molecule is CCOC(=O)c1[nH]c(C)c(C(=O)NCC(OCC)OCC)c1C. The van der Waals surface area contributed by atoms with E-state index in [4.69, 9.17) is 14.2 Å². The number of aryl methyl sites for hydroxylation is 1. The van der Waals surface area contributed by atoms with Gasteiger partial charge in [0.1, 0.15) is 5.69 Å². The average Bonchev–Trinajstić information content (AvgIpc) is 2.80. The number of rotatable bonds is 9. The predicted molar refractivity (Wildman–Crippen MR) is 85.6 cm³/mol. The van der Waals surface area contributed by atoms with Gasteiger partial charge in [0.2, 0.25) is 0 Å². The first kappa shape index (κ1) is 19.2. The maximum atomic E-state index is 12.4. The molecular formula is C16H26N2O5. The van der Waals surface area contributed by atoms with Crippen molar-refractivity contribution in [1.82, 2.24) is 10.3 Å². The van der Waals surface area contributed by atoms with Crippen molar-refractivity contribution in [2.45, 2.75) is 40.9 Å². The number of aromatic amines is 1. The Balaban J connectivity index is 2.82. The minimum absolute atomic E-state index is 0.235. The molecule has 130 valence electrons. The van der Waals surface area contributed by atoms with Crippen LogP contribution in [-0.2, 0) is 14.2 Å².